The van der Waals surface area contributed by atoms with E-state index in [9.17, 15) is 4.79 Å². The second-order valence-corrected chi connectivity index (χ2v) is 6.94. The summed E-state index contributed by atoms with van der Waals surface area (Å²) >= 11 is 3.11. The average molecular weight is 350 g/mol. The number of nitrogens with zero attached hydrogens (tertiary/aromatic N) is 4. The Bertz CT molecular complexity index is 630. The van der Waals surface area contributed by atoms with Crippen molar-refractivity contribution in [2.24, 2.45) is 21.2 Å². The SMILES string of the molecule is CSCC[C@H](NC(=O)c1ccsc1)/C(N)=N/N=NC1(C#N)CC1. The average Bonchev–Trinajstić information content (AvgIpc) is 3.11. The number of thioether (sulfide) groups is 1. The van der Waals surface area contributed by atoms with E-state index in [0.717, 1.165) is 5.75 Å². The van der Waals surface area contributed by atoms with E-state index in [-0.39, 0.29) is 11.7 Å². The first kappa shape index (κ1) is 17.4. The summed E-state index contributed by atoms with van der Waals surface area (Å²) in [5.74, 6) is 0.827. The first-order valence-electron chi connectivity index (χ1n) is 7.09. The molecule has 1 fully saturated rings. The van der Waals surface area contributed by atoms with Gasteiger partial charge in [-0.15, -0.1) is 10.2 Å². The monoisotopic (exact) mass is 350 g/mol. The van der Waals surface area contributed by atoms with E-state index in [4.69, 9.17) is 11.0 Å². The largest absolute Gasteiger partial charge is 0.384 e. The van der Waals surface area contributed by atoms with Crippen LogP contribution < -0.4 is 11.1 Å². The lowest BCUT2D eigenvalue weighted by Gasteiger charge is -2.16. The number of rotatable bonds is 8. The van der Waals surface area contributed by atoms with Crippen molar-refractivity contribution in [3.63, 3.8) is 0 Å². The molecule has 1 aliphatic carbocycles. The molecule has 7 nitrogen and oxygen atoms in total. The van der Waals surface area contributed by atoms with Crippen LogP contribution >= 0.6 is 23.1 Å². The number of nitriles is 1. The number of nitrogens with two attached hydrogens (primary N) is 1. The molecule has 3 N–H and O–H groups in total. The van der Waals surface area contributed by atoms with Crippen LogP contribution in [0.3, 0.4) is 0 Å². The summed E-state index contributed by atoms with van der Waals surface area (Å²) in [6, 6.07) is 3.44. The maximum atomic E-state index is 12.2. The normalized spacial score (nSPS) is 17.7. The fourth-order valence-electron chi connectivity index (χ4n) is 1.75. The highest BCUT2D eigenvalue weighted by atomic mass is 32.2. The molecule has 0 bridgehead atoms. The van der Waals surface area contributed by atoms with Crippen molar-refractivity contribution in [1.82, 2.24) is 5.32 Å². The summed E-state index contributed by atoms with van der Waals surface area (Å²) in [6.07, 6.45) is 4.03. The van der Waals surface area contributed by atoms with E-state index in [1.165, 1.54) is 11.3 Å². The van der Waals surface area contributed by atoms with E-state index in [2.05, 4.69) is 26.8 Å². The number of amides is 1. The van der Waals surface area contributed by atoms with E-state index >= 15 is 0 Å². The standard InChI is InChI=1S/C14H18N6OS2/c1-22-6-3-11(17-13(21)10-2-7-23-8-10)12(16)18-20-19-14(9-15)4-5-14/h2,7-8,11H,3-6H2,1H3,(H,17,21)(H2,16,18,19)/t11-/m0/s1. The molecule has 1 saturated carbocycles. The molecule has 1 atom stereocenters. The van der Waals surface area contributed by atoms with Gasteiger partial charge in [0.2, 0.25) is 0 Å². The van der Waals surface area contributed by atoms with Crippen LogP contribution in [-0.2, 0) is 0 Å². The molecule has 23 heavy (non-hydrogen) atoms. The zero-order chi connectivity index (χ0) is 16.7. The minimum Gasteiger partial charge on any atom is -0.384 e. The first-order valence-corrected chi connectivity index (χ1v) is 9.42. The lowest BCUT2D eigenvalue weighted by Crippen LogP contribution is -2.44. The second-order valence-electron chi connectivity index (χ2n) is 5.18. The minimum absolute atomic E-state index is 0.192. The fourth-order valence-corrected chi connectivity index (χ4v) is 2.85. The Morgan fingerprint density at radius 2 is 2.43 bits per heavy atom. The third-order valence-electron chi connectivity index (χ3n) is 3.38. The fraction of sp³-hybridized carbons (Fsp3) is 0.500. The molecule has 1 amide bonds. The summed E-state index contributed by atoms with van der Waals surface area (Å²) in [4.78, 5) is 12.2. The zero-order valence-electron chi connectivity index (χ0n) is 12.7. The molecule has 0 aromatic carbocycles. The Kier molecular flexibility index (Phi) is 6.12. The molecule has 2 rings (SSSR count). The van der Waals surface area contributed by atoms with Crippen molar-refractivity contribution < 1.29 is 4.79 Å². The van der Waals surface area contributed by atoms with Gasteiger partial charge in [0, 0.05) is 5.38 Å². The zero-order valence-corrected chi connectivity index (χ0v) is 14.4. The quantitative estimate of drug-likeness (QED) is 0.324. The molecule has 122 valence electrons. The van der Waals surface area contributed by atoms with Crippen molar-refractivity contribution >= 4 is 34.8 Å². The van der Waals surface area contributed by atoms with Crippen molar-refractivity contribution in [2.45, 2.75) is 30.8 Å². The topological polar surface area (TPSA) is 116 Å². The van der Waals surface area contributed by atoms with Gasteiger partial charge in [-0.05, 0) is 47.9 Å². The van der Waals surface area contributed by atoms with Gasteiger partial charge in [0.05, 0.1) is 17.7 Å². The number of hydrogen-bond acceptors (Lipinski definition) is 6. The molecule has 0 aliphatic heterocycles. The van der Waals surface area contributed by atoms with E-state index in [1.54, 1.807) is 23.2 Å². The number of amidine groups is 1. The summed E-state index contributed by atoms with van der Waals surface area (Å²) in [7, 11) is 0. The van der Waals surface area contributed by atoms with Gasteiger partial charge in [0.15, 0.2) is 5.54 Å². The maximum Gasteiger partial charge on any atom is 0.252 e. The van der Waals surface area contributed by atoms with Gasteiger partial charge in [0.25, 0.3) is 5.91 Å². The summed E-state index contributed by atoms with van der Waals surface area (Å²) < 4.78 is 0. The van der Waals surface area contributed by atoms with Gasteiger partial charge in [0.1, 0.15) is 5.84 Å². The number of carbonyl (C=O) groups excluding carboxylic acids is 1. The molecule has 1 heterocycles. The third-order valence-corrected chi connectivity index (χ3v) is 4.71. The highest BCUT2D eigenvalue weighted by Crippen LogP contribution is 2.39. The smallest absolute Gasteiger partial charge is 0.252 e. The first-order chi connectivity index (χ1) is 11.1. The highest BCUT2D eigenvalue weighted by molar-refractivity contribution is 7.98. The molecule has 0 saturated heterocycles. The van der Waals surface area contributed by atoms with Gasteiger partial charge >= 0.3 is 0 Å². The Labute approximate surface area is 143 Å². The lowest BCUT2D eigenvalue weighted by atomic mass is 10.2. The van der Waals surface area contributed by atoms with Crippen molar-refractivity contribution in [3.05, 3.63) is 22.4 Å². The molecule has 0 radical (unpaired) electrons. The molecular formula is C14H18N6OS2. The minimum atomic E-state index is -0.710. The molecular weight excluding hydrogens is 332 g/mol. The Morgan fingerprint density at radius 3 is 3.00 bits per heavy atom. The molecule has 0 unspecified atom stereocenters. The number of thiophene rings is 1. The molecule has 1 aromatic rings. The van der Waals surface area contributed by atoms with Crippen LogP contribution in [0.25, 0.3) is 0 Å². The summed E-state index contributed by atoms with van der Waals surface area (Å²) in [6.45, 7) is 0. The van der Waals surface area contributed by atoms with Gasteiger partial charge in [-0.2, -0.15) is 28.4 Å². The van der Waals surface area contributed by atoms with Crippen molar-refractivity contribution in [2.75, 3.05) is 12.0 Å². The van der Waals surface area contributed by atoms with Gasteiger partial charge < -0.3 is 11.1 Å². The van der Waals surface area contributed by atoms with Crippen LogP contribution in [0.2, 0.25) is 0 Å². The van der Waals surface area contributed by atoms with Gasteiger partial charge in [-0.25, -0.2) is 0 Å². The molecule has 1 aromatic heterocycles. The Balaban J connectivity index is 2.01. The Morgan fingerprint density at radius 1 is 1.65 bits per heavy atom. The van der Waals surface area contributed by atoms with E-state index < -0.39 is 11.6 Å². The summed E-state index contributed by atoms with van der Waals surface area (Å²) in [5.41, 5.74) is 5.83. The lowest BCUT2D eigenvalue weighted by molar-refractivity contribution is 0.0946. The van der Waals surface area contributed by atoms with Crippen LogP contribution in [0.1, 0.15) is 29.6 Å². The maximum absolute atomic E-state index is 12.2. The number of hydrogen-bond donors (Lipinski definition) is 2. The second kappa shape index (κ2) is 8.08. The molecule has 0 spiro atoms. The van der Waals surface area contributed by atoms with E-state index in [1.807, 2.05) is 11.6 Å². The van der Waals surface area contributed by atoms with Crippen molar-refractivity contribution in [3.8, 4) is 6.07 Å². The molecule has 9 heteroatoms. The van der Waals surface area contributed by atoms with Crippen molar-refractivity contribution in [1.29, 1.82) is 5.26 Å². The number of nitrogens with one attached hydrogen (secondary N) is 1. The van der Waals surface area contributed by atoms with E-state index in [0.29, 0.717) is 24.8 Å². The van der Waals surface area contributed by atoms with Crippen LogP contribution in [0.15, 0.2) is 32.3 Å². The van der Waals surface area contributed by atoms with Crippen LogP contribution in [-0.4, -0.2) is 35.3 Å². The van der Waals surface area contributed by atoms with Gasteiger partial charge in [-0.1, -0.05) is 0 Å². The van der Waals surface area contributed by atoms with Crippen LogP contribution in [0.5, 0.6) is 0 Å². The predicted molar refractivity (Wildman–Crippen MR) is 92.6 cm³/mol. The third kappa shape index (κ3) is 5.04. The highest BCUT2D eigenvalue weighted by Gasteiger charge is 2.44. The summed E-state index contributed by atoms with van der Waals surface area (Å²) in [5, 5.41) is 26.9. The predicted octanol–water partition coefficient (Wildman–Crippen LogP) is 2.38. The van der Waals surface area contributed by atoms with Gasteiger partial charge in [-0.3, -0.25) is 4.79 Å². The van der Waals surface area contributed by atoms with Crippen LogP contribution in [0, 0.1) is 11.3 Å². The number of carbonyl (C=O) groups is 1. The van der Waals surface area contributed by atoms with Crippen LogP contribution in [0.4, 0.5) is 0 Å². The molecule has 1 aliphatic rings. The Hall–Kier alpha value is -1.92.